The van der Waals surface area contributed by atoms with E-state index < -0.39 is 0 Å². The molecule has 2 aromatic carbocycles. The van der Waals surface area contributed by atoms with E-state index in [2.05, 4.69) is 0 Å². The molecule has 0 spiro atoms. The Balaban J connectivity index is 1.66. The molecule has 1 saturated carbocycles. The summed E-state index contributed by atoms with van der Waals surface area (Å²) in [5.74, 6) is 1.07. The summed E-state index contributed by atoms with van der Waals surface area (Å²) in [4.78, 5) is 29.6. The fraction of sp³-hybridized carbons (Fsp3) is 0.391. The average Bonchev–Trinajstić information content (AvgIpc) is 2.66. The van der Waals surface area contributed by atoms with E-state index in [1.165, 1.54) is 0 Å². The van der Waals surface area contributed by atoms with Crippen LogP contribution in [0.1, 0.15) is 36.8 Å². The molecule has 0 radical (unpaired) electrons. The second kappa shape index (κ2) is 8.05. The molecule has 146 valence electrons. The number of anilines is 1. The van der Waals surface area contributed by atoms with Crippen molar-refractivity contribution in [1.82, 2.24) is 4.90 Å². The largest absolute Gasteiger partial charge is 0.497 e. The van der Waals surface area contributed by atoms with E-state index >= 15 is 0 Å². The molecule has 5 nitrogen and oxygen atoms in total. The lowest BCUT2D eigenvalue weighted by Crippen LogP contribution is -2.44. The van der Waals surface area contributed by atoms with Crippen LogP contribution in [0.15, 0.2) is 48.5 Å². The number of rotatable bonds is 4. The van der Waals surface area contributed by atoms with E-state index in [0.29, 0.717) is 26.1 Å². The Morgan fingerprint density at radius 3 is 2.61 bits per heavy atom. The highest BCUT2D eigenvalue weighted by atomic mass is 16.5. The van der Waals surface area contributed by atoms with Crippen molar-refractivity contribution in [3.63, 3.8) is 0 Å². The number of nitrogens with zero attached hydrogens (tertiary/aromatic N) is 2. The lowest BCUT2D eigenvalue weighted by molar-refractivity contribution is -0.132. The minimum atomic E-state index is 0.0729. The topological polar surface area (TPSA) is 49.9 Å². The highest BCUT2D eigenvalue weighted by molar-refractivity contribution is 5.97. The first-order chi connectivity index (χ1) is 13.7. The molecule has 0 aromatic heterocycles. The van der Waals surface area contributed by atoms with Crippen molar-refractivity contribution < 1.29 is 14.3 Å². The normalized spacial score (nSPS) is 17.4. The molecule has 0 unspecified atom stereocenters. The van der Waals surface area contributed by atoms with Gasteiger partial charge in [-0.05, 0) is 42.2 Å². The molecule has 2 aromatic rings. The lowest BCUT2D eigenvalue weighted by Gasteiger charge is -2.36. The van der Waals surface area contributed by atoms with Crippen molar-refractivity contribution >= 4 is 17.5 Å². The smallest absolute Gasteiger partial charge is 0.230 e. The Hall–Kier alpha value is -2.82. The third kappa shape index (κ3) is 3.75. The van der Waals surface area contributed by atoms with Gasteiger partial charge in [0.25, 0.3) is 0 Å². The minimum absolute atomic E-state index is 0.0729. The Morgan fingerprint density at radius 2 is 1.93 bits per heavy atom. The van der Waals surface area contributed by atoms with Gasteiger partial charge in [0.2, 0.25) is 11.8 Å². The summed E-state index contributed by atoms with van der Waals surface area (Å²) < 4.78 is 5.40. The van der Waals surface area contributed by atoms with Crippen LogP contribution in [-0.4, -0.2) is 30.4 Å². The summed E-state index contributed by atoms with van der Waals surface area (Å²) in [5.41, 5.74) is 2.96. The number of fused-ring (bicyclic) bond motifs is 1. The number of carbonyl (C=O) groups is 2. The van der Waals surface area contributed by atoms with Gasteiger partial charge in [0.15, 0.2) is 0 Å². The van der Waals surface area contributed by atoms with Crippen LogP contribution in [0, 0.1) is 5.92 Å². The number of ether oxygens (including phenoxy) is 1. The first-order valence-corrected chi connectivity index (χ1v) is 9.95. The van der Waals surface area contributed by atoms with Crippen molar-refractivity contribution in [3.8, 4) is 5.75 Å². The van der Waals surface area contributed by atoms with Gasteiger partial charge < -0.3 is 14.5 Å². The Kier molecular flexibility index (Phi) is 5.33. The first kappa shape index (κ1) is 18.5. The molecule has 5 heteroatoms. The van der Waals surface area contributed by atoms with Gasteiger partial charge in [-0.1, -0.05) is 36.8 Å². The van der Waals surface area contributed by atoms with E-state index in [-0.39, 0.29) is 17.7 Å². The maximum atomic E-state index is 13.0. The molecule has 0 bridgehead atoms. The first-order valence-electron chi connectivity index (χ1n) is 9.95. The molecule has 1 fully saturated rings. The van der Waals surface area contributed by atoms with E-state index in [1.54, 1.807) is 7.11 Å². The molecule has 1 aliphatic heterocycles. The lowest BCUT2D eigenvalue weighted by atomic mass is 9.84. The predicted molar refractivity (Wildman–Crippen MR) is 108 cm³/mol. The van der Waals surface area contributed by atoms with Crippen LogP contribution in [0.25, 0.3) is 0 Å². The highest BCUT2D eigenvalue weighted by Crippen LogP contribution is 2.34. The molecule has 2 amide bonds. The molecule has 0 atom stereocenters. The van der Waals surface area contributed by atoms with Crippen LogP contribution in [-0.2, 0) is 22.7 Å². The summed E-state index contributed by atoms with van der Waals surface area (Å²) in [5, 5.41) is 0. The minimum Gasteiger partial charge on any atom is -0.497 e. The van der Waals surface area contributed by atoms with E-state index in [9.17, 15) is 9.59 Å². The quantitative estimate of drug-likeness (QED) is 0.814. The van der Waals surface area contributed by atoms with Crippen LogP contribution in [0.5, 0.6) is 5.75 Å². The van der Waals surface area contributed by atoms with Crippen molar-refractivity contribution in [1.29, 1.82) is 0 Å². The van der Waals surface area contributed by atoms with Gasteiger partial charge >= 0.3 is 0 Å². The number of hydrogen-bond acceptors (Lipinski definition) is 3. The van der Waals surface area contributed by atoms with Gasteiger partial charge in [-0.25, -0.2) is 0 Å². The molecule has 0 saturated heterocycles. The molecule has 1 heterocycles. The Labute approximate surface area is 165 Å². The Morgan fingerprint density at radius 1 is 1.14 bits per heavy atom. The van der Waals surface area contributed by atoms with Gasteiger partial charge in [0.05, 0.1) is 7.11 Å². The van der Waals surface area contributed by atoms with Crippen LogP contribution >= 0.6 is 0 Å². The zero-order valence-corrected chi connectivity index (χ0v) is 16.3. The zero-order chi connectivity index (χ0) is 19.5. The molecule has 28 heavy (non-hydrogen) atoms. The molecule has 1 aliphatic carbocycles. The molecule has 0 N–H and O–H groups in total. The third-order valence-corrected chi connectivity index (χ3v) is 5.78. The summed E-state index contributed by atoms with van der Waals surface area (Å²) in [6.45, 7) is 1.46. The third-order valence-electron chi connectivity index (χ3n) is 5.78. The molecular weight excluding hydrogens is 352 g/mol. The van der Waals surface area contributed by atoms with E-state index in [1.807, 2.05) is 58.3 Å². The standard InChI is InChI=1S/C23H26N2O3/c1-28-20-10-11-21-19(14-20)16-24(15-17-6-3-2-4-7-17)22(26)12-13-25(21)23(27)18-8-5-9-18/h2-4,6-7,10-11,14,18H,5,8-9,12-13,15-16H2,1H3. The zero-order valence-electron chi connectivity index (χ0n) is 16.3. The van der Waals surface area contributed by atoms with Gasteiger partial charge in [-0.2, -0.15) is 0 Å². The summed E-state index contributed by atoms with van der Waals surface area (Å²) in [7, 11) is 1.63. The van der Waals surface area contributed by atoms with E-state index in [4.69, 9.17) is 4.74 Å². The van der Waals surface area contributed by atoms with E-state index in [0.717, 1.165) is 41.8 Å². The van der Waals surface area contributed by atoms with Crippen LogP contribution < -0.4 is 9.64 Å². The second-order valence-corrected chi connectivity index (χ2v) is 7.60. The maximum absolute atomic E-state index is 13.0. The fourth-order valence-electron chi connectivity index (χ4n) is 3.91. The molecule has 2 aliphatic rings. The van der Waals surface area contributed by atoms with Crippen molar-refractivity contribution in [2.24, 2.45) is 5.92 Å². The van der Waals surface area contributed by atoms with Gasteiger partial charge in [0.1, 0.15) is 5.75 Å². The highest BCUT2D eigenvalue weighted by Gasteiger charge is 2.33. The summed E-state index contributed by atoms with van der Waals surface area (Å²) >= 11 is 0. The van der Waals surface area contributed by atoms with Crippen molar-refractivity contribution in [2.75, 3.05) is 18.6 Å². The van der Waals surface area contributed by atoms with Crippen molar-refractivity contribution in [2.45, 2.75) is 38.8 Å². The molecule has 4 rings (SSSR count). The SMILES string of the molecule is COc1ccc2c(c1)CN(Cc1ccccc1)C(=O)CCN2C(=O)C1CCC1. The van der Waals surface area contributed by atoms with Gasteiger partial charge in [-0.3, -0.25) is 9.59 Å². The maximum Gasteiger partial charge on any atom is 0.230 e. The van der Waals surface area contributed by atoms with Crippen LogP contribution in [0.2, 0.25) is 0 Å². The van der Waals surface area contributed by atoms with Crippen LogP contribution in [0.4, 0.5) is 5.69 Å². The predicted octanol–water partition coefficient (Wildman–Crippen LogP) is 3.76. The molecular formula is C23H26N2O3. The Bertz CT molecular complexity index is 861. The fourth-order valence-corrected chi connectivity index (χ4v) is 3.91. The summed E-state index contributed by atoms with van der Waals surface area (Å²) in [6.07, 6.45) is 3.37. The number of amides is 2. The van der Waals surface area contributed by atoms with Crippen molar-refractivity contribution in [3.05, 3.63) is 59.7 Å². The number of hydrogen-bond donors (Lipinski definition) is 0. The second-order valence-electron chi connectivity index (χ2n) is 7.60. The van der Waals surface area contributed by atoms with Crippen LogP contribution in [0.3, 0.4) is 0 Å². The number of carbonyl (C=O) groups excluding carboxylic acids is 2. The van der Waals surface area contributed by atoms with Gasteiger partial charge in [0, 0.05) is 37.7 Å². The summed E-state index contributed by atoms with van der Waals surface area (Å²) in [6, 6.07) is 15.8. The van der Waals surface area contributed by atoms with Gasteiger partial charge in [-0.15, -0.1) is 0 Å². The number of methoxy groups -OCH3 is 1. The number of benzene rings is 2. The monoisotopic (exact) mass is 378 g/mol. The average molecular weight is 378 g/mol.